The number of carbonyl (C=O) groups is 1. The molecule has 0 atom stereocenters. The lowest BCUT2D eigenvalue weighted by atomic mass is 10.1. The van der Waals surface area contributed by atoms with Gasteiger partial charge in [-0.2, -0.15) is 0 Å². The van der Waals surface area contributed by atoms with Gasteiger partial charge in [0, 0.05) is 5.02 Å². The molecular formula is C16H15ClO3. The third kappa shape index (κ3) is 3.52. The van der Waals surface area contributed by atoms with E-state index in [0.29, 0.717) is 22.1 Å². The van der Waals surface area contributed by atoms with Gasteiger partial charge in [-0.3, -0.25) is 4.79 Å². The zero-order valence-corrected chi connectivity index (χ0v) is 12.1. The zero-order chi connectivity index (χ0) is 14.5. The molecule has 2 aromatic rings. The fraction of sp³-hybridized carbons (Fsp3) is 0.188. The van der Waals surface area contributed by atoms with E-state index < -0.39 is 0 Å². The molecule has 4 heteroatoms. The van der Waals surface area contributed by atoms with Crippen LogP contribution in [0.2, 0.25) is 5.02 Å². The first kappa shape index (κ1) is 14.4. The Labute approximate surface area is 123 Å². The molecule has 2 rings (SSSR count). The predicted molar refractivity (Wildman–Crippen MR) is 79.0 cm³/mol. The van der Waals surface area contributed by atoms with Crippen LogP contribution in [-0.2, 0) is 0 Å². The summed E-state index contributed by atoms with van der Waals surface area (Å²) in [5, 5.41) is 0.572. The van der Waals surface area contributed by atoms with Gasteiger partial charge in [0.05, 0.1) is 12.7 Å². The first-order valence-electron chi connectivity index (χ1n) is 6.16. The Morgan fingerprint density at radius 3 is 2.70 bits per heavy atom. The van der Waals surface area contributed by atoms with Gasteiger partial charge in [0.25, 0.3) is 0 Å². The third-order valence-corrected chi connectivity index (χ3v) is 3.06. The quantitative estimate of drug-likeness (QED) is 0.783. The molecule has 0 heterocycles. The normalized spacial score (nSPS) is 10.2. The van der Waals surface area contributed by atoms with Gasteiger partial charge in [-0.05, 0) is 37.3 Å². The number of ether oxygens (including phenoxy) is 2. The highest BCUT2D eigenvalue weighted by molar-refractivity contribution is 6.30. The maximum Gasteiger partial charge on any atom is 0.203 e. The fourth-order valence-electron chi connectivity index (χ4n) is 1.82. The molecule has 0 N–H and O–H groups in total. The molecule has 0 amide bonds. The molecule has 0 aromatic heterocycles. The number of Topliss-reactive ketones (excluding diaryl/α,β-unsaturated/α-hetero) is 1. The minimum absolute atomic E-state index is 0.0554. The van der Waals surface area contributed by atoms with Gasteiger partial charge in [0.15, 0.2) is 6.61 Å². The molecule has 0 unspecified atom stereocenters. The molecule has 0 aliphatic rings. The molecule has 0 fully saturated rings. The van der Waals surface area contributed by atoms with Crippen LogP contribution < -0.4 is 9.47 Å². The number of halogens is 1. The maximum atomic E-state index is 12.2. The standard InChI is InChI=1S/C16H15ClO3/c1-11-6-7-16(19-2)14(8-11)15(18)10-20-13-5-3-4-12(17)9-13/h3-9H,10H2,1-2H3. The van der Waals surface area contributed by atoms with Gasteiger partial charge >= 0.3 is 0 Å². The lowest BCUT2D eigenvalue weighted by molar-refractivity contribution is 0.0918. The van der Waals surface area contributed by atoms with Crippen LogP contribution >= 0.6 is 11.6 Å². The minimum atomic E-state index is -0.134. The van der Waals surface area contributed by atoms with Crippen LogP contribution in [0.1, 0.15) is 15.9 Å². The summed E-state index contributed by atoms with van der Waals surface area (Å²) >= 11 is 5.86. The van der Waals surface area contributed by atoms with Crippen molar-refractivity contribution < 1.29 is 14.3 Å². The van der Waals surface area contributed by atoms with Crippen molar-refractivity contribution in [2.24, 2.45) is 0 Å². The molecule has 0 radical (unpaired) electrons. The van der Waals surface area contributed by atoms with Crippen LogP contribution in [0.15, 0.2) is 42.5 Å². The molecule has 0 bridgehead atoms. The van der Waals surface area contributed by atoms with Crippen molar-refractivity contribution in [3.8, 4) is 11.5 Å². The largest absolute Gasteiger partial charge is 0.496 e. The van der Waals surface area contributed by atoms with Crippen molar-refractivity contribution >= 4 is 17.4 Å². The summed E-state index contributed by atoms with van der Waals surface area (Å²) in [6.07, 6.45) is 0. The summed E-state index contributed by atoms with van der Waals surface area (Å²) in [6.45, 7) is 1.87. The molecule has 0 aliphatic heterocycles. The van der Waals surface area contributed by atoms with Crippen LogP contribution in [0.4, 0.5) is 0 Å². The smallest absolute Gasteiger partial charge is 0.203 e. The number of aryl methyl sites for hydroxylation is 1. The summed E-state index contributed by atoms with van der Waals surface area (Å²) in [5.41, 5.74) is 1.52. The lowest BCUT2D eigenvalue weighted by Gasteiger charge is -2.10. The molecule has 104 valence electrons. The molecule has 0 saturated carbocycles. The summed E-state index contributed by atoms with van der Waals surface area (Å²) in [5.74, 6) is 0.985. The molecule has 3 nitrogen and oxygen atoms in total. The molecule has 0 aliphatic carbocycles. The highest BCUT2D eigenvalue weighted by Gasteiger charge is 2.13. The number of rotatable bonds is 5. The topological polar surface area (TPSA) is 35.5 Å². The Morgan fingerprint density at radius 1 is 1.20 bits per heavy atom. The van der Waals surface area contributed by atoms with Crippen LogP contribution in [-0.4, -0.2) is 19.5 Å². The number of hydrogen-bond acceptors (Lipinski definition) is 3. The average Bonchev–Trinajstić information content (AvgIpc) is 2.45. The predicted octanol–water partition coefficient (Wildman–Crippen LogP) is 3.92. The third-order valence-electron chi connectivity index (χ3n) is 2.82. The van der Waals surface area contributed by atoms with E-state index in [1.807, 2.05) is 13.0 Å². The minimum Gasteiger partial charge on any atom is -0.496 e. The van der Waals surface area contributed by atoms with Gasteiger partial charge in [-0.15, -0.1) is 0 Å². The Bertz CT molecular complexity index is 623. The molecular weight excluding hydrogens is 276 g/mol. The second-order valence-electron chi connectivity index (χ2n) is 4.37. The molecule has 20 heavy (non-hydrogen) atoms. The average molecular weight is 291 g/mol. The van der Waals surface area contributed by atoms with E-state index in [4.69, 9.17) is 21.1 Å². The highest BCUT2D eigenvalue weighted by Crippen LogP contribution is 2.21. The van der Waals surface area contributed by atoms with Gasteiger partial charge < -0.3 is 9.47 Å². The first-order valence-corrected chi connectivity index (χ1v) is 6.54. The summed E-state index contributed by atoms with van der Waals surface area (Å²) in [7, 11) is 1.54. The van der Waals surface area contributed by atoms with Crippen LogP contribution in [0, 0.1) is 6.92 Å². The van der Waals surface area contributed by atoms with Crippen molar-refractivity contribution in [1.29, 1.82) is 0 Å². The summed E-state index contributed by atoms with van der Waals surface area (Å²) in [6, 6.07) is 12.4. The van der Waals surface area contributed by atoms with E-state index in [9.17, 15) is 4.79 Å². The SMILES string of the molecule is COc1ccc(C)cc1C(=O)COc1cccc(Cl)c1. The monoisotopic (exact) mass is 290 g/mol. The molecule has 2 aromatic carbocycles. The van der Waals surface area contributed by atoms with Crippen molar-refractivity contribution in [3.05, 3.63) is 58.6 Å². The van der Waals surface area contributed by atoms with Gasteiger partial charge in [0.2, 0.25) is 5.78 Å². The van der Waals surface area contributed by atoms with Gasteiger partial charge in [0.1, 0.15) is 11.5 Å². The van der Waals surface area contributed by atoms with Crippen molar-refractivity contribution in [2.45, 2.75) is 6.92 Å². The fourth-order valence-corrected chi connectivity index (χ4v) is 2.00. The van der Waals surface area contributed by atoms with Crippen LogP contribution in [0.25, 0.3) is 0 Å². The van der Waals surface area contributed by atoms with Crippen molar-refractivity contribution in [1.82, 2.24) is 0 Å². The highest BCUT2D eigenvalue weighted by atomic mass is 35.5. The Balaban J connectivity index is 2.10. The molecule has 0 spiro atoms. The Hall–Kier alpha value is -2.00. The van der Waals surface area contributed by atoms with Gasteiger partial charge in [-0.1, -0.05) is 29.3 Å². The lowest BCUT2D eigenvalue weighted by Crippen LogP contribution is -2.13. The second-order valence-corrected chi connectivity index (χ2v) is 4.81. The van der Waals surface area contributed by atoms with E-state index in [-0.39, 0.29) is 12.4 Å². The van der Waals surface area contributed by atoms with E-state index in [1.54, 1.807) is 43.5 Å². The van der Waals surface area contributed by atoms with Gasteiger partial charge in [-0.25, -0.2) is 0 Å². The number of benzene rings is 2. The van der Waals surface area contributed by atoms with Crippen LogP contribution in [0.3, 0.4) is 0 Å². The Morgan fingerprint density at radius 2 is 2.00 bits per heavy atom. The maximum absolute atomic E-state index is 12.2. The number of ketones is 1. The first-order chi connectivity index (χ1) is 9.60. The van der Waals surface area contributed by atoms with Crippen molar-refractivity contribution in [2.75, 3.05) is 13.7 Å². The zero-order valence-electron chi connectivity index (χ0n) is 11.4. The number of hydrogen-bond donors (Lipinski definition) is 0. The van der Waals surface area contributed by atoms with E-state index >= 15 is 0 Å². The summed E-state index contributed by atoms with van der Waals surface area (Å²) < 4.78 is 10.6. The van der Waals surface area contributed by atoms with Crippen LogP contribution in [0.5, 0.6) is 11.5 Å². The van der Waals surface area contributed by atoms with Crippen molar-refractivity contribution in [3.63, 3.8) is 0 Å². The summed E-state index contributed by atoms with van der Waals surface area (Å²) in [4.78, 5) is 12.2. The number of methoxy groups -OCH3 is 1. The molecule has 0 saturated heterocycles. The van der Waals surface area contributed by atoms with E-state index in [1.165, 1.54) is 0 Å². The van der Waals surface area contributed by atoms with E-state index in [2.05, 4.69) is 0 Å². The Kier molecular flexibility index (Phi) is 4.64. The van der Waals surface area contributed by atoms with E-state index in [0.717, 1.165) is 5.56 Å². The second kappa shape index (κ2) is 6.44. The number of carbonyl (C=O) groups excluding carboxylic acids is 1.